The van der Waals surface area contributed by atoms with Gasteiger partial charge in [-0.25, -0.2) is 8.42 Å². The van der Waals surface area contributed by atoms with Crippen LogP contribution < -0.4 is 10.1 Å². The number of nitrogens with zero attached hydrogens (tertiary/aromatic N) is 2. The summed E-state index contributed by atoms with van der Waals surface area (Å²) in [6.45, 7) is 0.278. The molecule has 8 nitrogen and oxygen atoms in total. The highest BCUT2D eigenvalue weighted by Crippen LogP contribution is 2.20. The van der Waals surface area contributed by atoms with E-state index in [0.717, 1.165) is 41.0 Å². The molecule has 38 heavy (non-hydrogen) atoms. The summed E-state index contributed by atoms with van der Waals surface area (Å²) in [5, 5.41) is 3.05. The van der Waals surface area contributed by atoms with Crippen molar-refractivity contribution in [2.75, 3.05) is 33.5 Å². The zero-order valence-corrected chi connectivity index (χ0v) is 23.4. The molecular formula is C29H39N3O5S. The fourth-order valence-electron chi connectivity index (χ4n) is 4.48. The van der Waals surface area contributed by atoms with E-state index < -0.39 is 22.0 Å². The number of carbonyl (C=O) groups is 2. The molecular weight excluding hydrogens is 502 g/mol. The number of sulfonamides is 1. The first-order valence-corrected chi connectivity index (χ1v) is 14.9. The highest BCUT2D eigenvalue weighted by atomic mass is 32.2. The Labute approximate surface area is 226 Å². The number of carbonyl (C=O) groups excluding carboxylic acids is 2. The Bertz CT molecular complexity index is 1200. The Morgan fingerprint density at radius 2 is 1.74 bits per heavy atom. The van der Waals surface area contributed by atoms with Gasteiger partial charge in [0.15, 0.2) is 0 Å². The van der Waals surface area contributed by atoms with E-state index in [9.17, 15) is 18.0 Å². The molecule has 0 unspecified atom stereocenters. The number of likely N-dealkylation sites (N-methyl/N-ethyl adjacent to an activating group) is 1. The van der Waals surface area contributed by atoms with Crippen LogP contribution in [0.2, 0.25) is 0 Å². The fourth-order valence-corrected chi connectivity index (χ4v) is 4.82. The fraction of sp³-hybridized carbons (Fsp3) is 0.448. The molecule has 9 heteroatoms. The van der Waals surface area contributed by atoms with E-state index in [1.54, 1.807) is 19.2 Å². The molecule has 0 aliphatic heterocycles. The molecule has 0 aromatic heterocycles. The first-order valence-electron chi connectivity index (χ1n) is 13.0. The lowest BCUT2D eigenvalue weighted by Crippen LogP contribution is -2.53. The minimum absolute atomic E-state index is 0.149. The number of ether oxygens (including phenoxy) is 1. The summed E-state index contributed by atoms with van der Waals surface area (Å²) in [5.41, 5.74) is 3.07. The number of methoxy groups -OCH3 is 1. The summed E-state index contributed by atoms with van der Waals surface area (Å²) in [6, 6.07) is 16.0. The Kier molecular flexibility index (Phi) is 10.9. The third-order valence-electron chi connectivity index (χ3n) is 6.84. The van der Waals surface area contributed by atoms with Gasteiger partial charge < -0.3 is 15.0 Å². The molecule has 1 N–H and O–H groups in total. The van der Waals surface area contributed by atoms with E-state index in [-0.39, 0.29) is 19.0 Å². The molecule has 1 aliphatic rings. The van der Waals surface area contributed by atoms with Crippen LogP contribution in [-0.4, -0.2) is 69.0 Å². The maximum Gasteiger partial charge on any atom is 0.243 e. The lowest BCUT2D eigenvalue weighted by Gasteiger charge is -2.32. The number of allylic oxidation sites excluding steroid dienone is 1. The van der Waals surface area contributed by atoms with Crippen LogP contribution in [0.15, 0.2) is 66.2 Å². The number of hydrogen-bond acceptors (Lipinski definition) is 5. The van der Waals surface area contributed by atoms with Crippen molar-refractivity contribution in [1.82, 2.24) is 14.5 Å². The molecule has 0 radical (unpaired) electrons. The average Bonchev–Trinajstić information content (AvgIpc) is 2.91. The van der Waals surface area contributed by atoms with Crippen molar-refractivity contribution >= 4 is 21.8 Å². The Morgan fingerprint density at radius 1 is 1.03 bits per heavy atom. The second kappa shape index (κ2) is 14.1. The number of hydrogen-bond donors (Lipinski definition) is 1. The van der Waals surface area contributed by atoms with Gasteiger partial charge in [0.25, 0.3) is 0 Å². The summed E-state index contributed by atoms with van der Waals surface area (Å²) >= 11 is 0. The number of rotatable bonds is 13. The van der Waals surface area contributed by atoms with Gasteiger partial charge >= 0.3 is 0 Å². The maximum atomic E-state index is 13.6. The molecule has 0 bridgehead atoms. The molecule has 0 heterocycles. The minimum atomic E-state index is -3.58. The van der Waals surface area contributed by atoms with Crippen molar-refractivity contribution < 1.29 is 22.7 Å². The third kappa shape index (κ3) is 8.99. The Balaban J connectivity index is 1.88. The van der Waals surface area contributed by atoms with E-state index in [4.69, 9.17) is 4.74 Å². The van der Waals surface area contributed by atoms with Crippen LogP contribution in [0, 0.1) is 0 Å². The van der Waals surface area contributed by atoms with Gasteiger partial charge in [-0.05, 0) is 55.4 Å². The van der Waals surface area contributed by atoms with E-state index in [1.165, 1.54) is 30.4 Å². The first kappa shape index (κ1) is 29.4. The van der Waals surface area contributed by atoms with Gasteiger partial charge in [0.1, 0.15) is 11.8 Å². The van der Waals surface area contributed by atoms with E-state index in [2.05, 4.69) is 11.4 Å². The molecule has 0 saturated heterocycles. The standard InChI is InChI=1S/C29H39N3O5S/c1-31(38(3,35)36)22-28(33)32(21-25-14-16-26(37-2)17-15-25)27(20-24-12-8-5-9-13-24)29(34)30-19-18-23-10-6-4-7-11-23/h5,8-10,12-17,27H,4,6-7,11,18-22H2,1-3H3,(H,30,34)/t27-/m0/s1. The third-order valence-corrected chi connectivity index (χ3v) is 8.10. The smallest absolute Gasteiger partial charge is 0.243 e. The molecule has 0 saturated carbocycles. The monoisotopic (exact) mass is 541 g/mol. The minimum Gasteiger partial charge on any atom is -0.497 e. The molecule has 1 atom stereocenters. The number of nitrogens with one attached hydrogen (secondary N) is 1. The van der Waals surface area contributed by atoms with Gasteiger partial charge in [-0.15, -0.1) is 0 Å². The summed E-state index contributed by atoms with van der Waals surface area (Å²) in [5.74, 6) is -0.0204. The Hall–Kier alpha value is -3.17. The maximum absolute atomic E-state index is 13.6. The second-order valence-corrected chi connectivity index (χ2v) is 11.8. The quantitative estimate of drug-likeness (QED) is 0.392. The van der Waals surface area contributed by atoms with Crippen LogP contribution in [0.25, 0.3) is 0 Å². The molecule has 1 aliphatic carbocycles. The van der Waals surface area contributed by atoms with Gasteiger partial charge in [0.2, 0.25) is 21.8 Å². The predicted molar refractivity (Wildman–Crippen MR) is 149 cm³/mol. The van der Waals surface area contributed by atoms with Gasteiger partial charge in [0, 0.05) is 26.6 Å². The highest BCUT2D eigenvalue weighted by molar-refractivity contribution is 7.88. The largest absolute Gasteiger partial charge is 0.497 e. The van der Waals surface area contributed by atoms with Crippen molar-refractivity contribution in [3.63, 3.8) is 0 Å². The van der Waals surface area contributed by atoms with Crippen molar-refractivity contribution in [3.8, 4) is 5.75 Å². The number of benzene rings is 2. The second-order valence-electron chi connectivity index (χ2n) is 9.74. The summed E-state index contributed by atoms with van der Waals surface area (Å²) in [7, 11) is -0.639. The highest BCUT2D eigenvalue weighted by Gasteiger charge is 2.31. The molecule has 0 spiro atoms. The van der Waals surface area contributed by atoms with Crippen LogP contribution in [0.1, 0.15) is 43.2 Å². The molecule has 3 rings (SSSR count). The van der Waals surface area contributed by atoms with Crippen molar-refractivity contribution in [3.05, 3.63) is 77.4 Å². The Morgan fingerprint density at radius 3 is 2.34 bits per heavy atom. The number of amides is 2. The summed E-state index contributed by atoms with van der Waals surface area (Å²) < 4.78 is 30.4. The van der Waals surface area contributed by atoms with Crippen LogP contribution in [-0.2, 0) is 32.6 Å². The van der Waals surface area contributed by atoms with Crippen LogP contribution in [0.3, 0.4) is 0 Å². The van der Waals surface area contributed by atoms with Crippen molar-refractivity contribution in [1.29, 1.82) is 0 Å². The van der Waals surface area contributed by atoms with E-state index in [0.29, 0.717) is 18.7 Å². The molecule has 2 aromatic carbocycles. The first-order chi connectivity index (χ1) is 18.2. The van der Waals surface area contributed by atoms with Gasteiger partial charge in [-0.1, -0.05) is 54.1 Å². The molecule has 206 valence electrons. The lowest BCUT2D eigenvalue weighted by atomic mass is 9.97. The average molecular weight is 542 g/mol. The van der Waals surface area contributed by atoms with Crippen molar-refractivity contribution in [2.45, 2.75) is 51.1 Å². The van der Waals surface area contributed by atoms with E-state index in [1.807, 2.05) is 42.5 Å². The zero-order chi connectivity index (χ0) is 27.5. The SMILES string of the molecule is COc1ccc(CN(C(=O)CN(C)S(C)(=O)=O)[C@@H](Cc2ccccc2)C(=O)NCCC2=CCCCC2)cc1. The van der Waals surface area contributed by atoms with Gasteiger partial charge in [-0.2, -0.15) is 4.31 Å². The topological polar surface area (TPSA) is 96.0 Å². The normalized spacial score (nSPS) is 14.5. The lowest BCUT2D eigenvalue weighted by molar-refractivity contribution is -0.141. The molecule has 2 aromatic rings. The van der Waals surface area contributed by atoms with E-state index >= 15 is 0 Å². The molecule has 2 amide bonds. The summed E-state index contributed by atoms with van der Waals surface area (Å²) in [6.07, 6.45) is 8.93. The van der Waals surface area contributed by atoms with Crippen LogP contribution >= 0.6 is 0 Å². The van der Waals surface area contributed by atoms with Gasteiger partial charge in [-0.3, -0.25) is 9.59 Å². The summed E-state index contributed by atoms with van der Waals surface area (Å²) in [4.78, 5) is 28.7. The van der Waals surface area contributed by atoms with Crippen LogP contribution in [0.4, 0.5) is 0 Å². The van der Waals surface area contributed by atoms with Crippen LogP contribution in [0.5, 0.6) is 5.75 Å². The zero-order valence-electron chi connectivity index (χ0n) is 22.6. The van der Waals surface area contributed by atoms with Gasteiger partial charge in [0.05, 0.1) is 19.9 Å². The predicted octanol–water partition coefficient (Wildman–Crippen LogP) is 3.53. The van der Waals surface area contributed by atoms with Crippen molar-refractivity contribution in [2.24, 2.45) is 0 Å². The molecule has 0 fully saturated rings.